The highest BCUT2D eigenvalue weighted by Gasteiger charge is 2.27. The molecular formula is C18H24N6O. The maximum atomic E-state index is 12.8. The molecule has 7 heteroatoms. The zero-order valence-corrected chi connectivity index (χ0v) is 14.6. The largest absolute Gasteiger partial charge is 0.355 e. The molecule has 4 rings (SSSR count). The maximum absolute atomic E-state index is 12.8. The van der Waals surface area contributed by atoms with Crippen molar-refractivity contribution in [1.82, 2.24) is 25.3 Å². The fourth-order valence-electron chi connectivity index (χ4n) is 3.77. The number of hydrogen-bond donors (Lipinski definition) is 1. The van der Waals surface area contributed by atoms with Crippen LogP contribution < -0.4 is 4.90 Å². The first-order chi connectivity index (χ1) is 12.2. The summed E-state index contributed by atoms with van der Waals surface area (Å²) in [5.74, 6) is 1.13. The Morgan fingerprint density at radius 3 is 2.68 bits per heavy atom. The van der Waals surface area contributed by atoms with Crippen molar-refractivity contribution in [2.75, 3.05) is 31.1 Å². The highest BCUT2D eigenvalue weighted by molar-refractivity contribution is 5.92. The summed E-state index contributed by atoms with van der Waals surface area (Å²) < 4.78 is 0. The van der Waals surface area contributed by atoms with E-state index < -0.39 is 0 Å². The lowest BCUT2D eigenvalue weighted by Crippen LogP contribution is -2.39. The van der Waals surface area contributed by atoms with Gasteiger partial charge in [-0.05, 0) is 50.8 Å². The molecule has 2 saturated heterocycles. The zero-order chi connectivity index (χ0) is 17.2. The molecule has 25 heavy (non-hydrogen) atoms. The van der Waals surface area contributed by atoms with Crippen LogP contribution in [0.1, 0.15) is 53.5 Å². The molecule has 0 bridgehead atoms. The average Bonchev–Trinajstić information content (AvgIpc) is 3.33. The molecule has 0 spiro atoms. The highest BCUT2D eigenvalue weighted by Crippen LogP contribution is 2.27. The van der Waals surface area contributed by atoms with E-state index in [2.05, 4.69) is 31.4 Å². The maximum Gasteiger partial charge on any atom is 0.274 e. The Kier molecular flexibility index (Phi) is 4.38. The van der Waals surface area contributed by atoms with Crippen molar-refractivity contribution in [2.24, 2.45) is 0 Å². The molecule has 0 radical (unpaired) electrons. The van der Waals surface area contributed by atoms with Gasteiger partial charge in [0.15, 0.2) is 11.5 Å². The molecule has 1 atom stereocenters. The van der Waals surface area contributed by atoms with Crippen LogP contribution in [0.2, 0.25) is 0 Å². The van der Waals surface area contributed by atoms with Gasteiger partial charge in [-0.25, -0.2) is 0 Å². The third kappa shape index (κ3) is 3.36. The SMILES string of the molecule is Cc1cc([C@H]2CCCN(C(=O)c3ccc(N4CCCC4)nn3)C2)n[nH]1. The fraction of sp³-hybridized carbons (Fsp3) is 0.556. The number of anilines is 1. The number of carbonyl (C=O) groups excluding carboxylic acids is 1. The minimum Gasteiger partial charge on any atom is -0.355 e. The first-order valence-corrected chi connectivity index (χ1v) is 9.10. The number of amides is 1. The second-order valence-corrected chi connectivity index (χ2v) is 7.04. The number of H-pyrrole nitrogens is 1. The summed E-state index contributed by atoms with van der Waals surface area (Å²) in [6.45, 7) is 5.52. The van der Waals surface area contributed by atoms with E-state index in [-0.39, 0.29) is 5.91 Å². The molecule has 2 aliphatic rings. The molecule has 0 saturated carbocycles. The van der Waals surface area contributed by atoms with Gasteiger partial charge >= 0.3 is 0 Å². The summed E-state index contributed by atoms with van der Waals surface area (Å²) in [7, 11) is 0. The monoisotopic (exact) mass is 340 g/mol. The second kappa shape index (κ2) is 6.82. The van der Waals surface area contributed by atoms with Gasteiger partial charge in [-0.3, -0.25) is 9.89 Å². The Morgan fingerprint density at radius 1 is 1.16 bits per heavy atom. The highest BCUT2D eigenvalue weighted by atomic mass is 16.2. The van der Waals surface area contributed by atoms with E-state index in [9.17, 15) is 4.79 Å². The number of likely N-dealkylation sites (tertiary alicyclic amines) is 1. The van der Waals surface area contributed by atoms with Gasteiger partial charge in [-0.15, -0.1) is 10.2 Å². The third-order valence-corrected chi connectivity index (χ3v) is 5.15. The van der Waals surface area contributed by atoms with Gasteiger partial charge in [0.05, 0.1) is 5.69 Å². The standard InChI is InChI=1S/C18H24N6O/c1-13-11-16(21-19-13)14-5-4-10-24(12-14)18(25)15-6-7-17(22-20-15)23-8-2-3-9-23/h6-7,11,14H,2-5,8-10,12H2,1H3,(H,19,21)/t14-/m0/s1. The molecule has 0 aliphatic carbocycles. The van der Waals surface area contributed by atoms with E-state index in [1.54, 1.807) is 0 Å². The van der Waals surface area contributed by atoms with Crippen molar-refractivity contribution in [3.8, 4) is 0 Å². The van der Waals surface area contributed by atoms with Gasteiger partial charge in [-0.1, -0.05) is 0 Å². The summed E-state index contributed by atoms with van der Waals surface area (Å²) in [5.41, 5.74) is 2.54. The molecule has 0 aromatic carbocycles. The number of rotatable bonds is 3. The van der Waals surface area contributed by atoms with Crippen molar-refractivity contribution >= 4 is 11.7 Å². The van der Waals surface area contributed by atoms with Crippen LogP contribution in [0.5, 0.6) is 0 Å². The average molecular weight is 340 g/mol. The van der Waals surface area contributed by atoms with E-state index in [1.165, 1.54) is 12.8 Å². The van der Waals surface area contributed by atoms with Crippen molar-refractivity contribution in [3.05, 3.63) is 35.3 Å². The first-order valence-electron chi connectivity index (χ1n) is 9.10. The molecule has 4 heterocycles. The van der Waals surface area contributed by atoms with Gasteiger partial charge in [-0.2, -0.15) is 5.10 Å². The van der Waals surface area contributed by atoms with Crippen molar-refractivity contribution in [2.45, 2.75) is 38.5 Å². The normalized spacial score (nSPS) is 20.9. The Balaban J connectivity index is 1.44. The molecule has 1 amide bonds. The predicted octanol–water partition coefficient (Wildman–Crippen LogP) is 2.13. The fourth-order valence-corrected chi connectivity index (χ4v) is 3.77. The minimum atomic E-state index is -0.0302. The van der Waals surface area contributed by atoms with E-state index in [1.807, 2.05) is 24.0 Å². The van der Waals surface area contributed by atoms with Crippen molar-refractivity contribution < 1.29 is 4.79 Å². The lowest BCUT2D eigenvalue weighted by Gasteiger charge is -2.31. The summed E-state index contributed by atoms with van der Waals surface area (Å²) in [5, 5.41) is 15.8. The van der Waals surface area contributed by atoms with Crippen LogP contribution in [0.15, 0.2) is 18.2 Å². The zero-order valence-electron chi connectivity index (χ0n) is 14.6. The van der Waals surface area contributed by atoms with Crippen LogP contribution in [0.4, 0.5) is 5.82 Å². The molecule has 7 nitrogen and oxygen atoms in total. The predicted molar refractivity (Wildman–Crippen MR) is 94.7 cm³/mol. The Labute approximate surface area is 147 Å². The molecule has 2 fully saturated rings. The lowest BCUT2D eigenvalue weighted by molar-refractivity contribution is 0.0698. The van der Waals surface area contributed by atoms with E-state index in [0.717, 1.165) is 49.7 Å². The van der Waals surface area contributed by atoms with E-state index in [0.29, 0.717) is 18.2 Å². The first kappa shape index (κ1) is 16.1. The Bertz CT molecular complexity index is 734. The topological polar surface area (TPSA) is 78.0 Å². The number of carbonyl (C=O) groups is 1. The molecule has 2 aliphatic heterocycles. The molecule has 132 valence electrons. The smallest absolute Gasteiger partial charge is 0.274 e. The lowest BCUT2D eigenvalue weighted by atomic mass is 9.94. The van der Waals surface area contributed by atoms with Gasteiger partial charge < -0.3 is 9.80 Å². The van der Waals surface area contributed by atoms with Crippen molar-refractivity contribution in [1.29, 1.82) is 0 Å². The van der Waals surface area contributed by atoms with Gasteiger partial charge in [0, 0.05) is 37.8 Å². The van der Waals surface area contributed by atoms with Crippen LogP contribution in [0, 0.1) is 6.92 Å². The van der Waals surface area contributed by atoms with Gasteiger partial charge in [0.2, 0.25) is 0 Å². The number of aryl methyl sites for hydroxylation is 1. The quantitative estimate of drug-likeness (QED) is 0.926. The van der Waals surface area contributed by atoms with Crippen LogP contribution >= 0.6 is 0 Å². The number of hydrogen-bond acceptors (Lipinski definition) is 5. The summed E-state index contributed by atoms with van der Waals surface area (Å²) in [6, 6.07) is 5.80. The third-order valence-electron chi connectivity index (χ3n) is 5.15. The van der Waals surface area contributed by atoms with E-state index in [4.69, 9.17) is 0 Å². The summed E-state index contributed by atoms with van der Waals surface area (Å²) in [6.07, 6.45) is 4.45. The van der Waals surface area contributed by atoms with Crippen LogP contribution in [0.3, 0.4) is 0 Å². The van der Waals surface area contributed by atoms with Crippen molar-refractivity contribution in [3.63, 3.8) is 0 Å². The minimum absolute atomic E-state index is 0.0302. The molecule has 0 unspecified atom stereocenters. The second-order valence-electron chi connectivity index (χ2n) is 7.04. The molecule has 1 N–H and O–H groups in total. The molecule has 2 aromatic heterocycles. The molecular weight excluding hydrogens is 316 g/mol. The van der Waals surface area contributed by atoms with Gasteiger partial charge in [0.1, 0.15) is 0 Å². The Hall–Kier alpha value is -2.44. The van der Waals surface area contributed by atoms with Crippen LogP contribution in [-0.2, 0) is 0 Å². The van der Waals surface area contributed by atoms with Crippen LogP contribution in [-0.4, -0.2) is 57.4 Å². The molecule has 2 aromatic rings. The van der Waals surface area contributed by atoms with Gasteiger partial charge in [0.25, 0.3) is 5.91 Å². The van der Waals surface area contributed by atoms with E-state index >= 15 is 0 Å². The number of nitrogens with one attached hydrogen (secondary N) is 1. The van der Waals surface area contributed by atoms with Crippen LogP contribution in [0.25, 0.3) is 0 Å². The number of aromatic amines is 1. The summed E-state index contributed by atoms with van der Waals surface area (Å²) in [4.78, 5) is 16.9. The Morgan fingerprint density at radius 2 is 2.00 bits per heavy atom. The number of nitrogens with zero attached hydrogens (tertiary/aromatic N) is 5. The summed E-state index contributed by atoms with van der Waals surface area (Å²) >= 11 is 0. The number of piperidine rings is 1. The number of aromatic nitrogens is 4.